The third-order valence-corrected chi connectivity index (χ3v) is 9.16. The molecule has 9 heteroatoms. The number of carbonyl (C=O) groups excluding carboxylic acids is 3. The minimum absolute atomic E-state index is 0.0330. The number of amides is 2. The number of benzene rings is 2. The van der Waals surface area contributed by atoms with Crippen molar-refractivity contribution < 1.29 is 29.0 Å². The van der Waals surface area contributed by atoms with Crippen molar-refractivity contribution in [2.75, 3.05) is 31.2 Å². The van der Waals surface area contributed by atoms with Crippen LogP contribution in [0.25, 0.3) is 10.8 Å². The van der Waals surface area contributed by atoms with Crippen LogP contribution >= 0.6 is 15.9 Å². The third kappa shape index (κ3) is 4.78. The van der Waals surface area contributed by atoms with Crippen molar-refractivity contribution >= 4 is 50.2 Å². The Morgan fingerprint density at radius 2 is 1.93 bits per heavy atom. The van der Waals surface area contributed by atoms with Gasteiger partial charge in [0, 0.05) is 30.2 Å². The van der Waals surface area contributed by atoms with Crippen molar-refractivity contribution in [3.8, 4) is 0 Å². The van der Waals surface area contributed by atoms with Crippen molar-refractivity contribution in [1.82, 2.24) is 4.90 Å². The van der Waals surface area contributed by atoms with Crippen LogP contribution in [0.4, 0.5) is 5.69 Å². The number of halogens is 1. The topological polar surface area (TPSA) is 96.4 Å². The highest BCUT2D eigenvalue weighted by Gasteiger charge is 2.77. The molecule has 40 heavy (non-hydrogen) atoms. The molecule has 0 radical (unpaired) electrons. The summed E-state index contributed by atoms with van der Waals surface area (Å²) in [7, 11) is 0. The number of anilines is 1. The fourth-order valence-corrected chi connectivity index (χ4v) is 7.61. The van der Waals surface area contributed by atoms with Gasteiger partial charge in [-0.3, -0.25) is 14.4 Å². The first-order chi connectivity index (χ1) is 19.4. The van der Waals surface area contributed by atoms with Gasteiger partial charge < -0.3 is 24.4 Å². The monoisotopic (exact) mass is 610 g/mol. The summed E-state index contributed by atoms with van der Waals surface area (Å²) in [5.41, 5.74) is -0.473. The zero-order chi connectivity index (χ0) is 28.4. The summed E-state index contributed by atoms with van der Waals surface area (Å²) >= 11 is 3.68. The van der Waals surface area contributed by atoms with Crippen LogP contribution in [0.3, 0.4) is 0 Å². The Bertz CT molecular complexity index is 1320. The first-order valence-electron chi connectivity index (χ1n) is 13.8. The quantitative estimate of drug-likeness (QED) is 0.169. The summed E-state index contributed by atoms with van der Waals surface area (Å²) in [6.07, 6.45) is 4.92. The third-order valence-electron chi connectivity index (χ3n) is 8.32. The summed E-state index contributed by atoms with van der Waals surface area (Å²) in [6.45, 7) is 8.16. The maximum atomic E-state index is 14.6. The lowest BCUT2D eigenvalue weighted by Crippen LogP contribution is -2.57. The number of carbonyl (C=O) groups is 3. The van der Waals surface area contributed by atoms with E-state index < -0.39 is 35.6 Å². The molecular weight excluding hydrogens is 576 g/mol. The summed E-state index contributed by atoms with van der Waals surface area (Å²) in [5, 5.41) is 11.3. The van der Waals surface area contributed by atoms with Crippen LogP contribution in [-0.4, -0.2) is 76.7 Å². The molecular formula is C31H35BrN2O6. The average molecular weight is 612 g/mol. The molecule has 2 aromatic carbocycles. The van der Waals surface area contributed by atoms with E-state index in [-0.39, 0.29) is 36.4 Å². The lowest BCUT2D eigenvalue weighted by atomic mass is 9.70. The van der Waals surface area contributed by atoms with Crippen molar-refractivity contribution in [1.29, 1.82) is 0 Å². The maximum absolute atomic E-state index is 14.6. The molecule has 1 N–H and O–H groups in total. The Kier molecular flexibility index (Phi) is 8.44. The van der Waals surface area contributed by atoms with Crippen LogP contribution in [0.15, 0.2) is 67.8 Å². The van der Waals surface area contributed by atoms with E-state index >= 15 is 0 Å². The lowest BCUT2D eigenvalue weighted by molar-refractivity contribution is -0.153. The molecule has 0 aliphatic carbocycles. The van der Waals surface area contributed by atoms with Crippen LogP contribution in [-0.2, 0) is 23.9 Å². The lowest BCUT2D eigenvalue weighted by Gasteiger charge is -2.37. The fraction of sp³-hybridized carbons (Fsp3) is 0.452. The number of unbranched alkanes of at least 4 members (excludes halogenated alkanes) is 2. The van der Waals surface area contributed by atoms with Crippen LogP contribution in [0, 0.1) is 11.8 Å². The number of likely N-dealkylation sites (tertiary alicyclic amines) is 1. The van der Waals surface area contributed by atoms with Crippen molar-refractivity contribution in [2.45, 2.75) is 48.3 Å². The smallest absolute Gasteiger partial charge is 0.312 e. The van der Waals surface area contributed by atoms with Gasteiger partial charge in [-0.2, -0.15) is 0 Å². The van der Waals surface area contributed by atoms with E-state index in [0.29, 0.717) is 37.9 Å². The van der Waals surface area contributed by atoms with E-state index in [9.17, 15) is 19.5 Å². The number of alkyl halides is 1. The number of rotatable bonds is 12. The number of hydrogen-bond donors (Lipinski definition) is 1. The van der Waals surface area contributed by atoms with Gasteiger partial charge in [0.25, 0.3) is 5.91 Å². The molecule has 2 amide bonds. The Hall–Kier alpha value is -3.01. The molecule has 6 atom stereocenters. The Morgan fingerprint density at radius 1 is 1.15 bits per heavy atom. The van der Waals surface area contributed by atoms with Gasteiger partial charge in [-0.1, -0.05) is 65.0 Å². The molecule has 3 aliphatic heterocycles. The second-order valence-corrected chi connectivity index (χ2v) is 11.8. The fourth-order valence-electron chi connectivity index (χ4n) is 6.67. The van der Waals surface area contributed by atoms with E-state index in [0.717, 1.165) is 10.8 Å². The van der Waals surface area contributed by atoms with Gasteiger partial charge in [-0.05, 0) is 48.6 Å². The molecule has 0 aromatic heterocycles. The summed E-state index contributed by atoms with van der Waals surface area (Å²) in [4.78, 5) is 45.0. The molecule has 3 saturated heterocycles. The number of esters is 1. The largest absolute Gasteiger partial charge is 0.461 e. The minimum atomic E-state index is -1.17. The van der Waals surface area contributed by atoms with Crippen LogP contribution in [0.5, 0.6) is 0 Å². The minimum Gasteiger partial charge on any atom is -0.461 e. The number of aliphatic hydroxyl groups excluding tert-OH is 1. The van der Waals surface area contributed by atoms with Crippen LogP contribution < -0.4 is 4.90 Å². The molecule has 2 aromatic rings. The van der Waals surface area contributed by atoms with E-state index in [2.05, 4.69) is 29.1 Å². The normalized spacial score (nSPS) is 28.5. The number of hydrogen-bond acceptors (Lipinski definition) is 6. The molecule has 3 heterocycles. The van der Waals surface area contributed by atoms with Crippen molar-refractivity contribution in [3.05, 3.63) is 67.8 Å². The van der Waals surface area contributed by atoms with Gasteiger partial charge in [0.1, 0.15) is 18.2 Å². The van der Waals surface area contributed by atoms with Crippen LogP contribution in [0.2, 0.25) is 0 Å². The highest BCUT2D eigenvalue weighted by Crippen LogP contribution is 2.60. The number of fused-ring (bicyclic) bond motifs is 2. The summed E-state index contributed by atoms with van der Waals surface area (Å²) in [6, 6.07) is 12.8. The van der Waals surface area contributed by atoms with Gasteiger partial charge in [-0.25, -0.2) is 0 Å². The standard InChI is InChI=1S/C31H35BrN2O6/c1-3-14-33(22-13-12-20-10-6-7-11-21(20)18-22)29(37)27-31-19-23(32)26(40-31)24(30(38)39-17-4-2)25(31)28(36)34(27)15-8-5-9-16-35/h3-4,6-7,10-13,18,23-27,35H,1-2,5,8-9,14-17,19H2/t23?,24-,25+,26-,27?,31?/m1/s1. The number of nitrogens with zero attached hydrogens (tertiary/aromatic N) is 2. The zero-order valence-corrected chi connectivity index (χ0v) is 24.0. The predicted octanol–water partition coefficient (Wildman–Crippen LogP) is 4.00. The first kappa shape index (κ1) is 28.5. The first-order valence-corrected chi connectivity index (χ1v) is 14.7. The highest BCUT2D eigenvalue weighted by molar-refractivity contribution is 9.09. The van der Waals surface area contributed by atoms with E-state index in [1.807, 2.05) is 42.5 Å². The van der Waals surface area contributed by atoms with Gasteiger partial charge in [0.15, 0.2) is 0 Å². The van der Waals surface area contributed by atoms with Crippen LogP contribution in [0.1, 0.15) is 25.7 Å². The Morgan fingerprint density at radius 3 is 2.65 bits per heavy atom. The van der Waals surface area contributed by atoms with E-state index in [4.69, 9.17) is 9.47 Å². The van der Waals surface area contributed by atoms with Gasteiger partial charge in [0.2, 0.25) is 5.91 Å². The Balaban J connectivity index is 1.55. The van der Waals surface area contributed by atoms with E-state index in [1.54, 1.807) is 15.9 Å². The second kappa shape index (κ2) is 11.8. The van der Waals surface area contributed by atoms with E-state index in [1.165, 1.54) is 6.08 Å². The molecule has 8 nitrogen and oxygen atoms in total. The van der Waals surface area contributed by atoms with Crippen molar-refractivity contribution in [3.63, 3.8) is 0 Å². The molecule has 5 rings (SSSR count). The summed E-state index contributed by atoms with van der Waals surface area (Å²) in [5.74, 6) is -2.69. The molecule has 1 spiro atoms. The zero-order valence-electron chi connectivity index (χ0n) is 22.4. The molecule has 0 saturated carbocycles. The molecule has 3 aliphatic rings. The van der Waals surface area contributed by atoms with Gasteiger partial charge >= 0.3 is 5.97 Å². The van der Waals surface area contributed by atoms with Gasteiger partial charge in [0.05, 0.1) is 17.9 Å². The maximum Gasteiger partial charge on any atom is 0.312 e. The molecule has 3 unspecified atom stereocenters. The average Bonchev–Trinajstić information content (AvgIpc) is 3.55. The Labute approximate surface area is 242 Å². The molecule has 212 valence electrons. The van der Waals surface area contributed by atoms with Gasteiger partial charge in [-0.15, -0.1) is 6.58 Å². The predicted molar refractivity (Wildman–Crippen MR) is 156 cm³/mol. The highest BCUT2D eigenvalue weighted by atomic mass is 79.9. The molecule has 2 bridgehead atoms. The number of ether oxygens (including phenoxy) is 2. The van der Waals surface area contributed by atoms with Crippen molar-refractivity contribution in [2.24, 2.45) is 11.8 Å². The number of aliphatic hydroxyl groups is 1. The molecule has 3 fully saturated rings. The second-order valence-electron chi connectivity index (χ2n) is 10.7. The summed E-state index contributed by atoms with van der Waals surface area (Å²) < 4.78 is 12.0. The SMILES string of the molecule is C=CCOC(=O)[C@H]1[C@@H]2OC3(CC2Br)C(C(=O)N(CC=C)c2ccc4ccccc4c2)N(CCCCCO)C(=O)[C@H]13.